The number of hydrogen-bond donors (Lipinski definition) is 0. The van der Waals surface area contributed by atoms with E-state index in [0.29, 0.717) is 31.9 Å². The maximum absolute atomic E-state index is 14.5. The van der Waals surface area contributed by atoms with Crippen LogP contribution in [0.15, 0.2) is 76.7 Å². The van der Waals surface area contributed by atoms with Crippen LogP contribution in [0.5, 0.6) is 0 Å². The Morgan fingerprint density at radius 3 is 2.54 bits per heavy atom. The maximum Gasteiger partial charge on any atom is 0.266 e. The molecular weight excluding hydrogens is 418 g/mol. The Hall–Kier alpha value is -2.34. The van der Waals surface area contributed by atoms with E-state index in [-0.39, 0.29) is 11.2 Å². The van der Waals surface area contributed by atoms with Gasteiger partial charge in [0.2, 0.25) is 0 Å². The summed E-state index contributed by atoms with van der Waals surface area (Å²) >= 11 is 13.5. The van der Waals surface area contributed by atoms with Gasteiger partial charge in [0.15, 0.2) is 5.16 Å². The van der Waals surface area contributed by atoms with Crippen LogP contribution < -0.4 is 5.56 Å². The molecule has 0 N–H and O–H groups in total. The normalized spacial score (nSPS) is 11.1. The third-order valence-electron chi connectivity index (χ3n) is 4.21. The lowest BCUT2D eigenvalue weighted by Gasteiger charge is -2.14. The second-order valence-corrected chi connectivity index (χ2v) is 7.81. The van der Waals surface area contributed by atoms with E-state index in [1.165, 1.54) is 22.4 Å². The number of benzene rings is 3. The first-order valence-electron chi connectivity index (χ1n) is 8.38. The fourth-order valence-electron chi connectivity index (χ4n) is 2.84. The number of para-hydroxylation sites is 2. The smallest absolute Gasteiger partial charge is 0.266 e. The molecule has 0 radical (unpaired) electrons. The van der Waals surface area contributed by atoms with Crippen molar-refractivity contribution in [3.05, 3.63) is 98.5 Å². The van der Waals surface area contributed by atoms with Gasteiger partial charge >= 0.3 is 0 Å². The van der Waals surface area contributed by atoms with Crippen LogP contribution in [0.25, 0.3) is 16.6 Å². The highest BCUT2D eigenvalue weighted by Gasteiger charge is 2.16. The first-order valence-corrected chi connectivity index (χ1v) is 10.1. The molecule has 3 aromatic carbocycles. The van der Waals surface area contributed by atoms with Crippen molar-refractivity contribution in [1.29, 1.82) is 0 Å². The zero-order valence-corrected chi connectivity index (χ0v) is 16.7. The van der Waals surface area contributed by atoms with Gasteiger partial charge in [-0.2, -0.15) is 0 Å². The predicted octanol–water partition coefficient (Wildman–Crippen LogP) is 6.12. The Bertz CT molecular complexity index is 1240. The molecule has 0 amide bonds. The molecule has 7 heteroatoms. The molecule has 0 atom stereocenters. The number of rotatable bonds is 4. The zero-order valence-electron chi connectivity index (χ0n) is 14.4. The van der Waals surface area contributed by atoms with Crippen LogP contribution in [0.2, 0.25) is 10.0 Å². The van der Waals surface area contributed by atoms with E-state index in [2.05, 4.69) is 4.98 Å². The molecule has 0 unspecified atom stereocenters. The highest BCUT2D eigenvalue weighted by atomic mass is 35.5. The van der Waals surface area contributed by atoms with Gasteiger partial charge in [0, 0.05) is 15.8 Å². The second kappa shape index (κ2) is 7.95. The summed E-state index contributed by atoms with van der Waals surface area (Å²) in [7, 11) is 0. The number of fused-ring (bicyclic) bond motifs is 1. The summed E-state index contributed by atoms with van der Waals surface area (Å²) in [5.41, 5.74) is 1.25. The summed E-state index contributed by atoms with van der Waals surface area (Å²) in [5.74, 6) is -0.0389. The second-order valence-electron chi connectivity index (χ2n) is 6.03. The topological polar surface area (TPSA) is 34.9 Å². The number of nitrogens with zero attached hydrogens (tertiary/aromatic N) is 2. The molecular formula is C21H13Cl2FN2OS. The van der Waals surface area contributed by atoms with Crippen molar-refractivity contribution in [2.45, 2.75) is 10.9 Å². The average molecular weight is 431 g/mol. The highest BCUT2D eigenvalue weighted by Crippen LogP contribution is 2.29. The van der Waals surface area contributed by atoms with Crippen LogP contribution in [0.4, 0.5) is 4.39 Å². The van der Waals surface area contributed by atoms with E-state index < -0.39 is 5.82 Å². The molecule has 140 valence electrons. The van der Waals surface area contributed by atoms with Gasteiger partial charge in [-0.15, -0.1) is 0 Å². The Labute approximate surface area is 174 Å². The average Bonchev–Trinajstić information content (AvgIpc) is 2.68. The van der Waals surface area contributed by atoms with Gasteiger partial charge in [0.1, 0.15) is 5.82 Å². The predicted molar refractivity (Wildman–Crippen MR) is 113 cm³/mol. The van der Waals surface area contributed by atoms with Crippen molar-refractivity contribution in [3.63, 3.8) is 0 Å². The lowest BCUT2D eigenvalue weighted by molar-refractivity contribution is 0.608. The molecule has 0 spiro atoms. The fourth-order valence-corrected chi connectivity index (χ4v) is 4.40. The fraction of sp³-hybridized carbons (Fsp3) is 0.0476. The monoisotopic (exact) mass is 430 g/mol. The zero-order chi connectivity index (χ0) is 19.7. The third-order valence-corrected chi connectivity index (χ3v) is 5.78. The Morgan fingerprint density at radius 1 is 1.00 bits per heavy atom. The third kappa shape index (κ3) is 3.65. The Kier molecular flexibility index (Phi) is 5.40. The molecule has 1 heterocycles. The van der Waals surface area contributed by atoms with E-state index >= 15 is 0 Å². The summed E-state index contributed by atoms with van der Waals surface area (Å²) in [6, 6.07) is 18.4. The molecule has 0 saturated heterocycles. The van der Waals surface area contributed by atoms with Crippen molar-refractivity contribution in [2.75, 3.05) is 0 Å². The number of aromatic nitrogens is 2. The first kappa shape index (κ1) is 19.0. The minimum atomic E-state index is -0.493. The molecule has 4 aromatic rings. The molecule has 0 bridgehead atoms. The lowest BCUT2D eigenvalue weighted by Crippen LogP contribution is -2.22. The van der Waals surface area contributed by atoms with Crippen molar-refractivity contribution in [3.8, 4) is 5.69 Å². The molecule has 0 aliphatic heterocycles. The molecule has 0 saturated carbocycles. The Balaban J connectivity index is 1.85. The maximum atomic E-state index is 14.5. The quantitative estimate of drug-likeness (QED) is 0.288. The van der Waals surface area contributed by atoms with Crippen LogP contribution in [0.3, 0.4) is 0 Å². The Morgan fingerprint density at radius 2 is 1.75 bits per heavy atom. The molecule has 1 aromatic heterocycles. The van der Waals surface area contributed by atoms with Crippen molar-refractivity contribution in [2.24, 2.45) is 0 Å². The molecule has 3 nitrogen and oxygen atoms in total. The number of halogens is 3. The van der Waals surface area contributed by atoms with E-state index in [1.807, 2.05) is 12.1 Å². The lowest BCUT2D eigenvalue weighted by atomic mass is 10.2. The standard InChI is InChI=1S/C21H13Cl2FN2OS/c22-14-10-9-13(16(23)11-14)12-28-21-25-18-7-3-1-5-15(18)20(27)26(21)19-8-4-2-6-17(19)24/h1-11H,12H2. The number of thioether (sulfide) groups is 1. The van der Waals surface area contributed by atoms with E-state index in [1.54, 1.807) is 48.5 Å². The molecule has 0 aliphatic rings. The van der Waals surface area contributed by atoms with Crippen molar-refractivity contribution in [1.82, 2.24) is 9.55 Å². The molecule has 0 aliphatic carbocycles. The highest BCUT2D eigenvalue weighted by molar-refractivity contribution is 7.98. The van der Waals surface area contributed by atoms with Crippen LogP contribution in [-0.4, -0.2) is 9.55 Å². The van der Waals surface area contributed by atoms with E-state index in [9.17, 15) is 9.18 Å². The summed E-state index contributed by atoms with van der Waals surface area (Å²) in [6.45, 7) is 0. The van der Waals surface area contributed by atoms with Crippen LogP contribution >= 0.6 is 35.0 Å². The van der Waals surface area contributed by atoms with Gasteiger partial charge in [-0.1, -0.05) is 65.3 Å². The largest absolute Gasteiger partial charge is 0.268 e. The van der Waals surface area contributed by atoms with E-state index in [4.69, 9.17) is 23.2 Å². The van der Waals surface area contributed by atoms with Crippen LogP contribution in [-0.2, 0) is 5.75 Å². The molecule has 28 heavy (non-hydrogen) atoms. The van der Waals surface area contributed by atoms with E-state index in [0.717, 1.165) is 5.56 Å². The van der Waals surface area contributed by atoms with Crippen LogP contribution in [0, 0.1) is 5.82 Å². The van der Waals surface area contributed by atoms with Gasteiger partial charge in [-0.05, 0) is 42.0 Å². The van der Waals surface area contributed by atoms with Crippen molar-refractivity contribution < 1.29 is 4.39 Å². The van der Waals surface area contributed by atoms with Gasteiger partial charge in [-0.25, -0.2) is 9.37 Å². The van der Waals surface area contributed by atoms with Crippen molar-refractivity contribution >= 4 is 45.9 Å². The van der Waals surface area contributed by atoms with Gasteiger partial charge < -0.3 is 0 Å². The molecule has 4 rings (SSSR count). The number of hydrogen-bond acceptors (Lipinski definition) is 3. The first-order chi connectivity index (χ1) is 13.5. The van der Waals surface area contributed by atoms with Gasteiger partial charge in [0.25, 0.3) is 5.56 Å². The molecule has 0 fully saturated rings. The van der Waals surface area contributed by atoms with Gasteiger partial charge in [-0.3, -0.25) is 9.36 Å². The van der Waals surface area contributed by atoms with Gasteiger partial charge in [0.05, 0.1) is 16.6 Å². The summed E-state index contributed by atoms with van der Waals surface area (Å²) in [6.07, 6.45) is 0. The SMILES string of the molecule is O=c1c2ccccc2nc(SCc2ccc(Cl)cc2Cl)n1-c1ccccc1F. The minimum absolute atomic E-state index is 0.162. The van der Waals surface area contributed by atoms with Crippen LogP contribution in [0.1, 0.15) is 5.56 Å². The summed E-state index contributed by atoms with van der Waals surface area (Å²) < 4.78 is 15.8. The minimum Gasteiger partial charge on any atom is -0.268 e. The summed E-state index contributed by atoms with van der Waals surface area (Å²) in [4.78, 5) is 17.7. The summed E-state index contributed by atoms with van der Waals surface area (Å²) in [5, 5.41) is 1.89.